The van der Waals surface area contributed by atoms with E-state index in [-0.39, 0.29) is 18.4 Å². The SMILES string of the molecule is O=C(Nc1nc(-c2cccc(O)c2)cs1)C1(c2ccc3c(c2)OCO3)CC1. The lowest BCUT2D eigenvalue weighted by atomic mass is 9.94. The number of phenolic OH excluding ortho intramolecular Hbond substituents is 1. The first-order valence-electron chi connectivity index (χ1n) is 8.61. The van der Waals surface area contributed by atoms with Gasteiger partial charge in [-0.1, -0.05) is 18.2 Å². The van der Waals surface area contributed by atoms with Crippen molar-refractivity contribution in [2.75, 3.05) is 12.1 Å². The number of nitrogens with one attached hydrogen (secondary N) is 1. The fourth-order valence-corrected chi connectivity index (χ4v) is 4.03. The van der Waals surface area contributed by atoms with Crippen LogP contribution >= 0.6 is 11.3 Å². The smallest absolute Gasteiger partial charge is 0.236 e. The van der Waals surface area contributed by atoms with Crippen LogP contribution in [-0.4, -0.2) is 22.8 Å². The van der Waals surface area contributed by atoms with E-state index in [2.05, 4.69) is 10.3 Å². The molecule has 1 aliphatic heterocycles. The first-order valence-corrected chi connectivity index (χ1v) is 9.49. The summed E-state index contributed by atoms with van der Waals surface area (Å²) in [5, 5.41) is 15.0. The molecule has 1 fully saturated rings. The molecule has 1 amide bonds. The standard InChI is InChI=1S/C20H16N2O4S/c23-14-3-1-2-12(8-14)15-10-27-19(21-15)22-18(24)20(6-7-20)13-4-5-16-17(9-13)26-11-25-16/h1-5,8-10,23H,6-7,11H2,(H,21,22,24). The minimum Gasteiger partial charge on any atom is -0.508 e. The van der Waals surface area contributed by atoms with Crippen LogP contribution in [0.4, 0.5) is 5.13 Å². The minimum atomic E-state index is -0.530. The molecule has 0 spiro atoms. The molecule has 7 heteroatoms. The van der Waals surface area contributed by atoms with E-state index in [0.717, 1.165) is 29.7 Å². The molecule has 1 saturated carbocycles. The fraction of sp³-hybridized carbons (Fsp3) is 0.200. The Balaban J connectivity index is 1.36. The van der Waals surface area contributed by atoms with Crippen molar-refractivity contribution in [3.63, 3.8) is 0 Å². The van der Waals surface area contributed by atoms with Gasteiger partial charge in [-0.05, 0) is 42.7 Å². The van der Waals surface area contributed by atoms with Crippen molar-refractivity contribution in [1.29, 1.82) is 0 Å². The normalized spacial score (nSPS) is 16.1. The molecule has 2 heterocycles. The number of ether oxygens (including phenoxy) is 2. The van der Waals surface area contributed by atoms with E-state index in [1.165, 1.54) is 11.3 Å². The molecule has 0 bridgehead atoms. The number of phenols is 1. The second kappa shape index (κ2) is 5.99. The predicted octanol–water partition coefficient (Wildman–Crippen LogP) is 3.91. The average molecular weight is 380 g/mol. The van der Waals surface area contributed by atoms with Gasteiger partial charge >= 0.3 is 0 Å². The third kappa shape index (κ3) is 2.80. The summed E-state index contributed by atoms with van der Waals surface area (Å²) in [6.07, 6.45) is 1.59. The number of rotatable bonds is 4. The molecular formula is C20H16N2O4S. The Bertz CT molecular complexity index is 1040. The van der Waals surface area contributed by atoms with E-state index in [4.69, 9.17) is 9.47 Å². The van der Waals surface area contributed by atoms with Gasteiger partial charge in [0, 0.05) is 10.9 Å². The number of carbonyl (C=O) groups excluding carboxylic acids is 1. The number of hydrogen-bond donors (Lipinski definition) is 2. The van der Waals surface area contributed by atoms with Crippen LogP contribution in [0.3, 0.4) is 0 Å². The minimum absolute atomic E-state index is 0.0572. The van der Waals surface area contributed by atoms with Crippen LogP contribution in [0.2, 0.25) is 0 Å². The molecule has 136 valence electrons. The summed E-state index contributed by atoms with van der Waals surface area (Å²) in [7, 11) is 0. The van der Waals surface area contributed by atoms with Crippen molar-refractivity contribution in [2.24, 2.45) is 0 Å². The fourth-order valence-electron chi connectivity index (χ4n) is 3.31. The molecule has 0 atom stereocenters. The second-order valence-electron chi connectivity index (χ2n) is 6.69. The van der Waals surface area contributed by atoms with Crippen molar-refractivity contribution >= 4 is 22.4 Å². The number of thiazole rings is 1. The van der Waals surface area contributed by atoms with Gasteiger partial charge in [0.15, 0.2) is 16.6 Å². The van der Waals surface area contributed by atoms with Crippen molar-refractivity contribution in [2.45, 2.75) is 18.3 Å². The van der Waals surface area contributed by atoms with Crippen LogP contribution < -0.4 is 14.8 Å². The Kier molecular flexibility index (Phi) is 3.58. The van der Waals surface area contributed by atoms with Crippen LogP contribution in [0, 0.1) is 0 Å². The van der Waals surface area contributed by atoms with Crippen LogP contribution in [0.15, 0.2) is 47.8 Å². The Morgan fingerprint density at radius 2 is 2.00 bits per heavy atom. The summed E-state index contributed by atoms with van der Waals surface area (Å²) in [6.45, 7) is 0.217. The van der Waals surface area contributed by atoms with Gasteiger partial charge in [0.25, 0.3) is 0 Å². The lowest BCUT2D eigenvalue weighted by Gasteiger charge is -2.15. The molecule has 2 aliphatic rings. The maximum Gasteiger partial charge on any atom is 0.236 e. The van der Waals surface area contributed by atoms with E-state index >= 15 is 0 Å². The summed E-state index contributed by atoms with van der Waals surface area (Å²) in [4.78, 5) is 17.4. The van der Waals surface area contributed by atoms with Gasteiger partial charge in [-0.2, -0.15) is 0 Å². The van der Waals surface area contributed by atoms with Crippen LogP contribution in [0.1, 0.15) is 18.4 Å². The van der Waals surface area contributed by atoms with Gasteiger partial charge in [-0.25, -0.2) is 4.98 Å². The summed E-state index contributed by atoms with van der Waals surface area (Å²) in [5.74, 6) is 1.53. The summed E-state index contributed by atoms with van der Waals surface area (Å²) in [5.41, 5.74) is 1.94. The van der Waals surface area contributed by atoms with E-state index in [0.29, 0.717) is 16.6 Å². The predicted molar refractivity (Wildman–Crippen MR) is 101 cm³/mol. The summed E-state index contributed by atoms with van der Waals surface area (Å²) >= 11 is 1.37. The number of amides is 1. The Morgan fingerprint density at radius 3 is 2.81 bits per heavy atom. The Labute approximate surface area is 159 Å². The highest BCUT2D eigenvalue weighted by molar-refractivity contribution is 7.14. The quantitative estimate of drug-likeness (QED) is 0.717. The largest absolute Gasteiger partial charge is 0.508 e. The number of carbonyl (C=O) groups is 1. The Morgan fingerprint density at radius 1 is 1.15 bits per heavy atom. The maximum absolute atomic E-state index is 12.9. The second-order valence-corrected chi connectivity index (χ2v) is 7.55. The van der Waals surface area contributed by atoms with E-state index in [1.54, 1.807) is 18.2 Å². The van der Waals surface area contributed by atoms with Gasteiger partial charge in [0.2, 0.25) is 12.7 Å². The van der Waals surface area contributed by atoms with Crippen molar-refractivity contribution in [3.05, 3.63) is 53.4 Å². The zero-order valence-corrected chi connectivity index (χ0v) is 15.1. The molecule has 0 radical (unpaired) electrons. The number of nitrogens with zero attached hydrogens (tertiary/aromatic N) is 1. The molecule has 1 aliphatic carbocycles. The van der Waals surface area contributed by atoms with Crippen molar-refractivity contribution < 1.29 is 19.4 Å². The highest BCUT2D eigenvalue weighted by Crippen LogP contribution is 2.51. The van der Waals surface area contributed by atoms with Gasteiger partial charge in [0.05, 0.1) is 11.1 Å². The first kappa shape index (κ1) is 16.1. The van der Waals surface area contributed by atoms with Gasteiger partial charge in [0.1, 0.15) is 5.75 Å². The van der Waals surface area contributed by atoms with Crippen molar-refractivity contribution in [1.82, 2.24) is 4.98 Å². The molecule has 5 rings (SSSR count). The molecule has 0 saturated heterocycles. The molecule has 6 nitrogen and oxygen atoms in total. The highest BCUT2D eigenvalue weighted by atomic mass is 32.1. The third-order valence-electron chi connectivity index (χ3n) is 4.98. The lowest BCUT2D eigenvalue weighted by molar-refractivity contribution is -0.118. The summed E-state index contributed by atoms with van der Waals surface area (Å²) < 4.78 is 10.8. The zero-order chi connectivity index (χ0) is 18.4. The molecule has 0 unspecified atom stereocenters. The lowest BCUT2D eigenvalue weighted by Crippen LogP contribution is -2.27. The van der Waals surface area contributed by atoms with Crippen LogP contribution in [-0.2, 0) is 10.2 Å². The van der Waals surface area contributed by atoms with Crippen LogP contribution in [0.25, 0.3) is 11.3 Å². The third-order valence-corrected chi connectivity index (χ3v) is 5.73. The zero-order valence-electron chi connectivity index (χ0n) is 14.3. The first-order chi connectivity index (χ1) is 13.1. The number of aromatic hydroxyl groups is 1. The van der Waals surface area contributed by atoms with Crippen molar-refractivity contribution in [3.8, 4) is 28.5 Å². The molecule has 2 N–H and O–H groups in total. The molecular weight excluding hydrogens is 364 g/mol. The van der Waals surface area contributed by atoms with Gasteiger partial charge < -0.3 is 19.9 Å². The number of hydrogen-bond acceptors (Lipinski definition) is 6. The molecule has 1 aromatic heterocycles. The number of anilines is 1. The van der Waals surface area contributed by atoms with Gasteiger partial charge in [-0.15, -0.1) is 11.3 Å². The molecule has 2 aromatic carbocycles. The molecule has 3 aromatic rings. The van der Waals surface area contributed by atoms with Crippen LogP contribution in [0.5, 0.6) is 17.2 Å². The van der Waals surface area contributed by atoms with E-state index < -0.39 is 5.41 Å². The average Bonchev–Trinajstić information content (AvgIpc) is 3.13. The molecule has 27 heavy (non-hydrogen) atoms. The number of benzene rings is 2. The highest BCUT2D eigenvalue weighted by Gasteiger charge is 2.52. The summed E-state index contributed by atoms with van der Waals surface area (Å²) in [6, 6.07) is 12.6. The van der Waals surface area contributed by atoms with E-state index in [9.17, 15) is 9.90 Å². The van der Waals surface area contributed by atoms with Gasteiger partial charge in [-0.3, -0.25) is 4.79 Å². The number of fused-ring (bicyclic) bond motifs is 1. The maximum atomic E-state index is 12.9. The van der Waals surface area contributed by atoms with E-state index in [1.807, 2.05) is 29.6 Å². The monoisotopic (exact) mass is 380 g/mol. The Hall–Kier alpha value is -3.06. The number of aromatic nitrogens is 1. The topological polar surface area (TPSA) is 80.7 Å².